The molecule has 0 radical (unpaired) electrons. The van der Waals surface area contributed by atoms with Crippen molar-refractivity contribution < 1.29 is 14.3 Å². The highest BCUT2D eigenvalue weighted by Gasteiger charge is 2.13. The van der Waals surface area contributed by atoms with E-state index in [1.54, 1.807) is 18.3 Å². The van der Waals surface area contributed by atoms with Gasteiger partial charge < -0.3 is 10.1 Å². The van der Waals surface area contributed by atoms with Crippen LogP contribution >= 0.6 is 11.6 Å². The Hall–Kier alpha value is -1.62. The first-order chi connectivity index (χ1) is 8.47. The monoisotopic (exact) mass is 270 g/mol. The Morgan fingerprint density at radius 2 is 2.17 bits per heavy atom. The summed E-state index contributed by atoms with van der Waals surface area (Å²) >= 11 is 5.68. The average molecular weight is 271 g/mol. The van der Waals surface area contributed by atoms with Crippen LogP contribution in [0.5, 0.6) is 0 Å². The van der Waals surface area contributed by atoms with Crippen molar-refractivity contribution in [3.63, 3.8) is 0 Å². The number of halogens is 1. The normalized spacial score (nSPS) is 11.7. The molecule has 5 nitrogen and oxygen atoms in total. The molecule has 0 saturated carbocycles. The number of amides is 1. The van der Waals surface area contributed by atoms with E-state index in [2.05, 4.69) is 10.3 Å². The molecule has 0 aliphatic rings. The number of rotatable bonds is 5. The molecule has 1 heterocycles. The van der Waals surface area contributed by atoms with E-state index in [1.165, 1.54) is 13.8 Å². The molecule has 1 aromatic heterocycles. The van der Waals surface area contributed by atoms with Gasteiger partial charge in [0.15, 0.2) is 0 Å². The van der Waals surface area contributed by atoms with E-state index < -0.39 is 6.10 Å². The second-order valence-corrected chi connectivity index (χ2v) is 4.25. The fraction of sp³-hybridized carbons (Fsp3) is 0.417. The number of carbonyl (C=O) groups is 2. The Balaban J connectivity index is 2.61. The number of nitrogens with one attached hydrogen (secondary N) is 1. The second-order valence-electron chi connectivity index (χ2n) is 3.86. The molecule has 1 rings (SSSR count). The van der Waals surface area contributed by atoms with Crippen molar-refractivity contribution in [2.24, 2.45) is 0 Å². The maximum atomic E-state index is 11.0. The van der Waals surface area contributed by atoms with Gasteiger partial charge in [-0.05, 0) is 11.6 Å². The average Bonchev–Trinajstić information content (AvgIpc) is 2.28. The molecule has 98 valence electrons. The lowest BCUT2D eigenvalue weighted by Crippen LogP contribution is -2.34. The predicted molar refractivity (Wildman–Crippen MR) is 67.2 cm³/mol. The third kappa shape index (κ3) is 5.63. The molecule has 6 heteroatoms. The van der Waals surface area contributed by atoms with Gasteiger partial charge in [-0.15, -0.1) is 0 Å². The third-order valence-electron chi connectivity index (χ3n) is 2.16. The molecule has 0 spiro atoms. The van der Waals surface area contributed by atoms with Gasteiger partial charge in [0, 0.05) is 26.5 Å². The van der Waals surface area contributed by atoms with E-state index in [-0.39, 0.29) is 18.4 Å². The van der Waals surface area contributed by atoms with Crippen LogP contribution in [0.2, 0.25) is 5.15 Å². The van der Waals surface area contributed by atoms with Gasteiger partial charge in [0.05, 0.1) is 6.54 Å². The van der Waals surface area contributed by atoms with Gasteiger partial charge in [0.1, 0.15) is 11.3 Å². The van der Waals surface area contributed by atoms with Crippen LogP contribution in [-0.4, -0.2) is 29.5 Å². The van der Waals surface area contributed by atoms with Crippen molar-refractivity contribution in [1.82, 2.24) is 10.3 Å². The lowest BCUT2D eigenvalue weighted by atomic mass is 10.1. The Bertz CT molecular complexity index is 420. The van der Waals surface area contributed by atoms with Crippen LogP contribution in [0.3, 0.4) is 0 Å². The van der Waals surface area contributed by atoms with E-state index in [0.29, 0.717) is 11.6 Å². The Labute approximate surface area is 110 Å². The van der Waals surface area contributed by atoms with E-state index in [0.717, 1.165) is 5.56 Å². The van der Waals surface area contributed by atoms with Crippen LogP contribution in [0.4, 0.5) is 0 Å². The highest BCUT2D eigenvalue weighted by molar-refractivity contribution is 6.29. The van der Waals surface area contributed by atoms with Gasteiger partial charge in [-0.1, -0.05) is 17.7 Å². The molecule has 1 amide bonds. The van der Waals surface area contributed by atoms with Crippen LogP contribution in [0, 0.1) is 0 Å². The summed E-state index contributed by atoms with van der Waals surface area (Å²) in [5, 5.41) is 3.03. The van der Waals surface area contributed by atoms with Gasteiger partial charge in [-0.3, -0.25) is 9.59 Å². The fourth-order valence-electron chi connectivity index (χ4n) is 1.44. The highest BCUT2D eigenvalue weighted by Crippen LogP contribution is 2.09. The summed E-state index contributed by atoms with van der Waals surface area (Å²) in [5.74, 6) is -0.548. The number of aromatic nitrogens is 1. The number of carbonyl (C=O) groups excluding carboxylic acids is 2. The molecular formula is C12H15ClN2O3. The van der Waals surface area contributed by atoms with Gasteiger partial charge in [-0.25, -0.2) is 4.98 Å². The summed E-state index contributed by atoms with van der Waals surface area (Å²) in [6.07, 6.45) is 1.69. The molecule has 18 heavy (non-hydrogen) atoms. The van der Waals surface area contributed by atoms with Gasteiger partial charge >= 0.3 is 5.97 Å². The van der Waals surface area contributed by atoms with Crippen LogP contribution in [0.1, 0.15) is 19.4 Å². The molecule has 1 N–H and O–H groups in total. The predicted octanol–water partition coefficient (Wildman–Crippen LogP) is 1.35. The maximum absolute atomic E-state index is 11.0. The molecule has 0 bridgehead atoms. The molecule has 0 saturated heterocycles. The lowest BCUT2D eigenvalue weighted by molar-refractivity contribution is -0.146. The van der Waals surface area contributed by atoms with Crippen molar-refractivity contribution in [3.8, 4) is 0 Å². The van der Waals surface area contributed by atoms with Crippen molar-refractivity contribution >= 4 is 23.5 Å². The van der Waals surface area contributed by atoms with Crippen molar-refractivity contribution in [3.05, 3.63) is 29.0 Å². The van der Waals surface area contributed by atoms with E-state index in [9.17, 15) is 9.59 Å². The number of nitrogens with zero attached hydrogens (tertiary/aromatic N) is 1. The molecular weight excluding hydrogens is 256 g/mol. The molecule has 0 aliphatic heterocycles. The zero-order chi connectivity index (χ0) is 13.5. The first-order valence-corrected chi connectivity index (χ1v) is 5.87. The zero-order valence-corrected chi connectivity index (χ0v) is 11.0. The Morgan fingerprint density at radius 1 is 1.44 bits per heavy atom. The van der Waals surface area contributed by atoms with E-state index >= 15 is 0 Å². The SMILES string of the molecule is CC(=O)NC[C@@H](Cc1ccc(Cl)nc1)OC(C)=O. The van der Waals surface area contributed by atoms with Crippen molar-refractivity contribution in [1.29, 1.82) is 0 Å². The first-order valence-electron chi connectivity index (χ1n) is 5.49. The van der Waals surface area contributed by atoms with E-state index in [1.807, 2.05) is 0 Å². The largest absolute Gasteiger partial charge is 0.460 e. The minimum Gasteiger partial charge on any atom is -0.460 e. The topological polar surface area (TPSA) is 68.3 Å². The van der Waals surface area contributed by atoms with Gasteiger partial charge in [-0.2, -0.15) is 0 Å². The second kappa shape index (κ2) is 6.96. The van der Waals surface area contributed by atoms with Gasteiger partial charge in [0.2, 0.25) is 5.91 Å². The van der Waals surface area contributed by atoms with E-state index in [4.69, 9.17) is 16.3 Å². The third-order valence-corrected chi connectivity index (χ3v) is 2.39. The number of hydrogen-bond acceptors (Lipinski definition) is 4. The van der Waals surface area contributed by atoms with Crippen molar-refractivity contribution in [2.45, 2.75) is 26.4 Å². The first kappa shape index (κ1) is 14.4. The number of hydrogen-bond donors (Lipinski definition) is 1. The molecule has 0 unspecified atom stereocenters. The smallest absolute Gasteiger partial charge is 0.302 e. The summed E-state index contributed by atoms with van der Waals surface area (Å²) in [4.78, 5) is 25.8. The fourth-order valence-corrected chi connectivity index (χ4v) is 1.55. The summed E-state index contributed by atoms with van der Waals surface area (Å²) in [6, 6.07) is 3.47. The molecule has 0 aliphatic carbocycles. The molecule has 1 aromatic rings. The summed E-state index contributed by atoms with van der Waals surface area (Å²) < 4.78 is 5.12. The molecule has 1 atom stereocenters. The minimum absolute atomic E-state index is 0.165. The number of pyridine rings is 1. The number of ether oxygens (including phenoxy) is 1. The summed E-state index contributed by atoms with van der Waals surface area (Å²) in [5.41, 5.74) is 0.885. The van der Waals surface area contributed by atoms with Crippen LogP contribution in [-0.2, 0) is 20.7 Å². The lowest BCUT2D eigenvalue weighted by Gasteiger charge is -2.17. The van der Waals surface area contributed by atoms with Crippen LogP contribution in [0.25, 0.3) is 0 Å². The van der Waals surface area contributed by atoms with Crippen LogP contribution in [0.15, 0.2) is 18.3 Å². The molecule has 0 fully saturated rings. The summed E-state index contributed by atoms with van der Waals surface area (Å²) in [7, 11) is 0. The Kier molecular flexibility index (Phi) is 5.58. The highest BCUT2D eigenvalue weighted by atomic mass is 35.5. The summed E-state index contributed by atoms with van der Waals surface area (Å²) in [6.45, 7) is 3.02. The standard InChI is InChI=1S/C12H15ClN2O3/c1-8(16)14-7-11(18-9(2)17)5-10-3-4-12(13)15-6-10/h3-4,6,11H,5,7H2,1-2H3,(H,14,16)/t11-/m1/s1. The minimum atomic E-state index is -0.408. The quantitative estimate of drug-likeness (QED) is 0.648. The van der Waals surface area contributed by atoms with Gasteiger partial charge in [0.25, 0.3) is 0 Å². The Morgan fingerprint density at radius 3 is 2.67 bits per heavy atom. The van der Waals surface area contributed by atoms with Crippen molar-refractivity contribution in [2.75, 3.05) is 6.54 Å². The van der Waals surface area contributed by atoms with Crippen LogP contribution < -0.4 is 5.32 Å². The molecule has 0 aromatic carbocycles. The maximum Gasteiger partial charge on any atom is 0.302 e. The number of esters is 1. The zero-order valence-electron chi connectivity index (χ0n) is 10.3.